The largest absolute Gasteiger partial charge is 0.416 e. The van der Waals surface area contributed by atoms with Gasteiger partial charge in [-0.3, -0.25) is 0 Å². The highest BCUT2D eigenvalue weighted by molar-refractivity contribution is 5.29. The van der Waals surface area contributed by atoms with E-state index in [0.717, 1.165) is 12.1 Å². The fourth-order valence-electron chi connectivity index (χ4n) is 1.75. The summed E-state index contributed by atoms with van der Waals surface area (Å²) in [6.07, 6.45) is -11.5. The predicted octanol–water partition coefficient (Wildman–Crippen LogP) is 4.23. The first-order valence-corrected chi connectivity index (χ1v) is 5.57. The van der Waals surface area contributed by atoms with Crippen molar-refractivity contribution >= 4 is 0 Å². The van der Waals surface area contributed by atoms with Crippen molar-refractivity contribution in [3.8, 4) is 12.1 Å². The highest BCUT2D eigenvalue weighted by atomic mass is 19.4. The molecule has 1 aromatic carbocycles. The van der Waals surface area contributed by atoms with Crippen LogP contribution in [0.1, 0.15) is 17.5 Å². The molecular formula is C13H8F6N2. The molecule has 0 heterocycles. The van der Waals surface area contributed by atoms with Gasteiger partial charge in [-0.25, -0.2) is 0 Å². The van der Waals surface area contributed by atoms with Gasteiger partial charge >= 0.3 is 12.4 Å². The Kier molecular flexibility index (Phi) is 4.52. The first-order valence-electron chi connectivity index (χ1n) is 5.57. The lowest BCUT2D eigenvalue weighted by atomic mass is 9.81. The predicted molar refractivity (Wildman–Crippen MR) is 59.5 cm³/mol. The number of halogens is 6. The molecule has 0 aliphatic rings. The van der Waals surface area contributed by atoms with E-state index in [1.807, 2.05) is 0 Å². The Morgan fingerprint density at radius 3 is 1.67 bits per heavy atom. The molecule has 0 unspecified atom stereocenters. The second-order valence-corrected chi connectivity index (χ2v) is 4.47. The molecule has 2 nitrogen and oxygen atoms in total. The van der Waals surface area contributed by atoms with E-state index in [1.165, 1.54) is 12.1 Å². The molecule has 112 valence electrons. The van der Waals surface area contributed by atoms with Crippen LogP contribution in [0.5, 0.6) is 0 Å². The zero-order chi connectivity index (χ0) is 16.3. The molecule has 0 atom stereocenters. The molecule has 0 amide bonds. The van der Waals surface area contributed by atoms with E-state index in [2.05, 4.69) is 0 Å². The van der Waals surface area contributed by atoms with Crippen LogP contribution in [0, 0.1) is 28.1 Å². The quantitative estimate of drug-likeness (QED) is 0.784. The summed E-state index contributed by atoms with van der Waals surface area (Å²) >= 11 is 0. The molecule has 0 aliphatic heterocycles. The molecule has 0 spiro atoms. The minimum atomic E-state index is -4.72. The Morgan fingerprint density at radius 1 is 0.857 bits per heavy atom. The average molecular weight is 306 g/mol. The second-order valence-electron chi connectivity index (χ2n) is 4.47. The molecule has 0 aromatic heterocycles. The van der Waals surface area contributed by atoms with Crippen molar-refractivity contribution in [2.75, 3.05) is 0 Å². The van der Waals surface area contributed by atoms with Crippen LogP contribution in [0.15, 0.2) is 24.3 Å². The number of hydrogen-bond acceptors (Lipinski definition) is 2. The van der Waals surface area contributed by atoms with Gasteiger partial charge < -0.3 is 0 Å². The van der Waals surface area contributed by atoms with Crippen LogP contribution in [0.3, 0.4) is 0 Å². The van der Waals surface area contributed by atoms with Gasteiger partial charge in [-0.15, -0.1) is 0 Å². The Hall–Kier alpha value is -2.22. The van der Waals surface area contributed by atoms with E-state index >= 15 is 0 Å². The summed E-state index contributed by atoms with van der Waals surface area (Å²) in [6.45, 7) is 0. The summed E-state index contributed by atoms with van der Waals surface area (Å²) in [7, 11) is 0. The van der Waals surface area contributed by atoms with Gasteiger partial charge in [0.1, 0.15) is 0 Å². The molecule has 1 rings (SSSR count). The van der Waals surface area contributed by atoms with Gasteiger partial charge in [0.2, 0.25) is 0 Å². The molecule has 0 fully saturated rings. The van der Waals surface area contributed by atoms with Crippen LogP contribution in [0.4, 0.5) is 26.3 Å². The summed E-state index contributed by atoms with van der Waals surface area (Å²) < 4.78 is 74.3. The van der Waals surface area contributed by atoms with Crippen molar-refractivity contribution in [3.05, 3.63) is 35.4 Å². The van der Waals surface area contributed by atoms with Crippen LogP contribution in [0.2, 0.25) is 0 Å². The molecule has 0 radical (unpaired) electrons. The lowest BCUT2D eigenvalue weighted by Crippen LogP contribution is -2.27. The van der Waals surface area contributed by atoms with Gasteiger partial charge in [-0.05, 0) is 17.7 Å². The molecule has 0 N–H and O–H groups in total. The van der Waals surface area contributed by atoms with Crippen molar-refractivity contribution in [2.24, 2.45) is 5.41 Å². The number of alkyl halides is 6. The summed E-state index contributed by atoms with van der Waals surface area (Å²) in [6, 6.07) is 5.94. The summed E-state index contributed by atoms with van der Waals surface area (Å²) in [4.78, 5) is 0. The molecule has 0 aliphatic carbocycles. The zero-order valence-corrected chi connectivity index (χ0v) is 10.4. The van der Waals surface area contributed by atoms with Gasteiger partial charge in [-0.1, -0.05) is 12.1 Å². The topological polar surface area (TPSA) is 47.6 Å². The number of nitrogens with zero attached hydrogens (tertiary/aromatic N) is 2. The van der Waals surface area contributed by atoms with Crippen molar-refractivity contribution in [2.45, 2.75) is 25.2 Å². The summed E-state index contributed by atoms with van der Waals surface area (Å²) in [5, 5.41) is 17.7. The van der Waals surface area contributed by atoms with Crippen LogP contribution in [0.25, 0.3) is 0 Å². The number of benzene rings is 1. The fraction of sp³-hybridized carbons (Fsp3) is 0.385. The maximum Gasteiger partial charge on any atom is 0.416 e. The van der Waals surface area contributed by atoms with Crippen LogP contribution in [-0.2, 0) is 12.6 Å². The number of rotatable bonds is 3. The van der Waals surface area contributed by atoms with Crippen LogP contribution >= 0.6 is 0 Å². The average Bonchev–Trinajstić information content (AvgIpc) is 2.36. The maximum absolute atomic E-state index is 12.4. The normalized spacial score (nSPS) is 12.6. The SMILES string of the molecule is N#CC(C#N)(Cc1ccc(C(F)(F)F)cc1)CC(F)(F)F. The molecule has 8 heteroatoms. The van der Waals surface area contributed by atoms with Crippen LogP contribution in [-0.4, -0.2) is 6.18 Å². The van der Waals surface area contributed by atoms with Gasteiger partial charge in [0, 0.05) is 6.42 Å². The second kappa shape index (κ2) is 5.65. The standard InChI is InChI=1S/C13H8F6N2/c14-12(15,16)6-11(7-20,8-21)5-9-1-3-10(4-2-9)13(17,18)19/h1-4H,5-6H2. The highest BCUT2D eigenvalue weighted by Crippen LogP contribution is 2.36. The van der Waals surface area contributed by atoms with Crippen molar-refractivity contribution in [1.82, 2.24) is 0 Å². The van der Waals surface area contributed by atoms with E-state index in [-0.39, 0.29) is 5.56 Å². The van der Waals surface area contributed by atoms with Crippen molar-refractivity contribution in [3.63, 3.8) is 0 Å². The lowest BCUT2D eigenvalue weighted by Gasteiger charge is -2.20. The third-order valence-electron chi connectivity index (χ3n) is 2.72. The number of hydrogen-bond donors (Lipinski definition) is 0. The minimum Gasteiger partial charge on any atom is -0.197 e. The lowest BCUT2D eigenvalue weighted by molar-refractivity contribution is -0.146. The fourth-order valence-corrected chi connectivity index (χ4v) is 1.75. The van der Waals surface area contributed by atoms with E-state index in [0.29, 0.717) is 12.1 Å². The summed E-state index contributed by atoms with van der Waals surface area (Å²) in [5.41, 5.74) is -3.25. The minimum absolute atomic E-state index is 0.0512. The number of nitriles is 2. The molecule has 21 heavy (non-hydrogen) atoms. The first-order chi connectivity index (χ1) is 9.51. The zero-order valence-electron chi connectivity index (χ0n) is 10.4. The van der Waals surface area contributed by atoms with Crippen LogP contribution < -0.4 is 0 Å². The van der Waals surface area contributed by atoms with E-state index in [4.69, 9.17) is 10.5 Å². The molecule has 0 bridgehead atoms. The Labute approximate surface area is 116 Å². The van der Waals surface area contributed by atoms with Crippen molar-refractivity contribution in [1.29, 1.82) is 10.5 Å². The molecule has 1 aromatic rings. The third kappa shape index (κ3) is 4.67. The van der Waals surface area contributed by atoms with E-state index in [1.54, 1.807) is 0 Å². The van der Waals surface area contributed by atoms with Gasteiger partial charge in [0.05, 0.1) is 24.1 Å². The third-order valence-corrected chi connectivity index (χ3v) is 2.72. The van der Waals surface area contributed by atoms with E-state index < -0.39 is 36.2 Å². The monoisotopic (exact) mass is 306 g/mol. The van der Waals surface area contributed by atoms with Gasteiger partial charge in [-0.2, -0.15) is 36.9 Å². The molecular weight excluding hydrogens is 298 g/mol. The van der Waals surface area contributed by atoms with Gasteiger partial charge in [0.25, 0.3) is 0 Å². The Bertz CT molecular complexity index is 557. The first kappa shape index (κ1) is 16.8. The Balaban J connectivity index is 3.02. The van der Waals surface area contributed by atoms with Gasteiger partial charge in [0.15, 0.2) is 5.41 Å². The Morgan fingerprint density at radius 2 is 1.33 bits per heavy atom. The summed E-state index contributed by atoms with van der Waals surface area (Å²) in [5.74, 6) is 0. The highest BCUT2D eigenvalue weighted by Gasteiger charge is 2.43. The molecule has 0 saturated carbocycles. The van der Waals surface area contributed by atoms with E-state index in [9.17, 15) is 26.3 Å². The maximum atomic E-state index is 12.4. The smallest absolute Gasteiger partial charge is 0.197 e. The van der Waals surface area contributed by atoms with Crippen molar-refractivity contribution < 1.29 is 26.3 Å². The molecule has 0 saturated heterocycles.